The van der Waals surface area contributed by atoms with Crippen molar-refractivity contribution in [2.75, 3.05) is 15.1 Å². The molecule has 0 radical (unpaired) electrons. The first kappa shape index (κ1) is 34.6. The van der Waals surface area contributed by atoms with E-state index in [-0.39, 0.29) is 5.34 Å². The van der Waals surface area contributed by atoms with Crippen LogP contribution in [0.3, 0.4) is 0 Å². The van der Waals surface area contributed by atoms with Gasteiger partial charge in [0.15, 0.2) is 0 Å². The van der Waals surface area contributed by atoms with Crippen LogP contribution in [0.5, 0.6) is 0 Å². The fraction of sp³-hybridized carbons (Fsp3) is 0.0270. The highest BCUT2D eigenvalue weighted by atomic mass is 127. The molecule has 2 nitrogen and oxygen atoms in total. The highest BCUT2D eigenvalue weighted by Gasteiger charge is 2.12. The quantitative estimate of drug-likeness (QED) is 0.121. The fourth-order valence-corrected chi connectivity index (χ4v) is 5.47. The van der Waals surface area contributed by atoms with Gasteiger partial charge in [0, 0.05) is 44.8 Å². The molecule has 0 saturated carbocycles. The van der Waals surface area contributed by atoms with Gasteiger partial charge in [0.2, 0.25) is 0 Å². The molecule has 0 N–H and O–H groups in total. The molecule has 6 rings (SSSR count). The molecule has 0 fully saturated rings. The van der Waals surface area contributed by atoms with Crippen LogP contribution in [0.4, 0.5) is 34.1 Å². The summed E-state index contributed by atoms with van der Waals surface area (Å²) in [5.41, 5.74) is 7.01. The third kappa shape index (κ3) is 10.4. The van der Waals surface area contributed by atoms with Gasteiger partial charge in [-0.05, 0) is 177 Å². The molecule has 6 aromatic carbocycles. The van der Waals surface area contributed by atoms with Crippen molar-refractivity contribution in [2.45, 2.75) is 0 Å². The summed E-state index contributed by atoms with van der Waals surface area (Å²) in [6.45, 7) is 0. The molecule has 0 aliphatic rings. The van der Waals surface area contributed by atoms with Crippen molar-refractivity contribution in [3.05, 3.63) is 175 Å². The third-order valence-electron chi connectivity index (χ3n) is 6.30. The standard InChI is InChI=1S/C18H12I3N.C18H15N.CH2Cl2/c19-13-1-7-16(8-2-13)22(17-9-3-14(20)4-10-17)18-11-5-15(21)6-12-18;1-4-10-16(11-5-1)19(17-12-6-2-7-13-17)18-14-8-3-9-15-18;2-1-3/h1-12H;1-15H;1H2. The minimum atomic E-state index is 0.194. The van der Waals surface area contributed by atoms with Gasteiger partial charge in [-0.3, -0.25) is 0 Å². The van der Waals surface area contributed by atoms with E-state index >= 15 is 0 Å². The number of halogens is 5. The lowest BCUT2D eigenvalue weighted by molar-refractivity contribution is 1.28. The summed E-state index contributed by atoms with van der Waals surface area (Å²) in [6.07, 6.45) is 0. The Balaban J connectivity index is 0.000000186. The highest BCUT2D eigenvalue weighted by molar-refractivity contribution is 14.1. The first-order valence-electron chi connectivity index (χ1n) is 13.6. The van der Waals surface area contributed by atoms with E-state index in [1.165, 1.54) is 44.8 Å². The van der Waals surface area contributed by atoms with Gasteiger partial charge in [-0.2, -0.15) is 0 Å². The molecule has 0 bridgehead atoms. The van der Waals surface area contributed by atoms with Crippen LogP contribution >= 0.6 is 91.0 Å². The number of hydrogen-bond acceptors (Lipinski definition) is 2. The van der Waals surface area contributed by atoms with Gasteiger partial charge < -0.3 is 9.80 Å². The van der Waals surface area contributed by atoms with E-state index in [2.05, 4.69) is 223 Å². The lowest BCUT2D eigenvalue weighted by Gasteiger charge is -2.25. The van der Waals surface area contributed by atoms with Gasteiger partial charge in [0.1, 0.15) is 0 Å². The van der Waals surface area contributed by atoms with Crippen LogP contribution in [0.2, 0.25) is 0 Å². The van der Waals surface area contributed by atoms with E-state index in [9.17, 15) is 0 Å². The van der Waals surface area contributed by atoms with Crippen molar-refractivity contribution in [2.24, 2.45) is 0 Å². The summed E-state index contributed by atoms with van der Waals surface area (Å²) < 4.78 is 3.73. The maximum atomic E-state index is 4.76. The van der Waals surface area contributed by atoms with E-state index in [4.69, 9.17) is 23.2 Å². The zero-order chi connectivity index (χ0) is 31.1. The molecule has 0 heterocycles. The van der Waals surface area contributed by atoms with Gasteiger partial charge in [-0.1, -0.05) is 54.6 Å². The fourth-order valence-electron chi connectivity index (χ4n) is 4.40. The van der Waals surface area contributed by atoms with Crippen molar-refractivity contribution in [3.63, 3.8) is 0 Å². The summed E-state index contributed by atoms with van der Waals surface area (Å²) in [4.78, 5) is 4.53. The first-order chi connectivity index (χ1) is 21.5. The van der Waals surface area contributed by atoms with E-state index < -0.39 is 0 Å². The lowest BCUT2D eigenvalue weighted by atomic mass is 10.2. The molecule has 6 aromatic rings. The Morgan fingerprint density at radius 3 is 0.705 bits per heavy atom. The normalized spacial score (nSPS) is 10.0. The molecule has 222 valence electrons. The summed E-state index contributed by atoms with van der Waals surface area (Å²) in [5, 5.41) is 0.194. The lowest BCUT2D eigenvalue weighted by Crippen LogP contribution is -2.09. The Labute approximate surface area is 311 Å². The maximum absolute atomic E-state index is 4.76. The summed E-state index contributed by atoms with van der Waals surface area (Å²) >= 11 is 16.5. The Bertz CT molecular complexity index is 1450. The Morgan fingerprint density at radius 1 is 0.318 bits per heavy atom. The zero-order valence-electron chi connectivity index (χ0n) is 23.6. The molecular weight excluding hydrogens is 924 g/mol. The van der Waals surface area contributed by atoms with Crippen LogP contribution in [0.15, 0.2) is 164 Å². The summed E-state index contributed by atoms with van der Waals surface area (Å²) in [7, 11) is 0. The van der Waals surface area contributed by atoms with Crippen LogP contribution in [0, 0.1) is 10.7 Å². The minimum absolute atomic E-state index is 0.194. The second-order valence-electron chi connectivity index (χ2n) is 9.21. The predicted molar refractivity (Wildman–Crippen MR) is 217 cm³/mol. The number of hydrogen-bond donors (Lipinski definition) is 0. The largest absolute Gasteiger partial charge is 0.311 e. The zero-order valence-corrected chi connectivity index (χ0v) is 31.6. The maximum Gasteiger partial charge on any atom is 0.0967 e. The van der Waals surface area contributed by atoms with E-state index in [1.807, 2.05) is 18.2 Å². The van der Waals surface area contributed by atoms with E-state index in [0.29, 0.717) is 0 Å². The predicted octanol–water partition coefficient (Wildman–Crippen LogP) is 13.5. The smallest absolute Gasteiger partial charge is 0.0967 e. The second-order valence-corrected chi connectivity index (χ2v) is 13.8. The average molecular weight is 953 g/mol. The van der Waals surface area contributed by atoms with Crippen LogP contribution in [-0.2, 0) is 0 Å². The molecule has 7 heteroatoms. The Morgan fingerprint density at radius 2 is 0.500 bits per heavy atom. The van der Waals surface area contributed by atoms with Crippen molar-refractivity contribution in [3.8, 4) is 0 Å². The SMILES string of the molecule is ClCCl.Ic1ccc(N(c2ccc(I)cc2)c2ccc(I)cc2)cc1.c1ccc(N(c2ccccc2)c2ccccc2)cc1. The van der Waals surface area contributed by atoms with E-state index in [0.717, 1.165) is 0 Å². The van der Waals surface area contributed by atoms with Crippen molar-refractivity contribution in [1.82, 2.24) is 0 Å². The number of anilines is 6. The molecule has 0 unspecified atom stereocenters. The number of benzene rings is 6. The molecule has 0 aliphatic carbocycles. The summed E-state index contributed by atoms with van der Waals surface area (Å²) in [6, 6.07) is 57.1. The molecule has 0 saturated heterocycles. The monoisotopic (exact) mass is 952 g/mol. The van der Waals surface area contributed by atoms with Crippen LogP contribution in [0.1, 0.15) is 0 Å². The van der Waals surface area contributed by atoms with Crippen LogP contribution < -0.4 is 9.80 Å². The number of rotatable bonds is 6. The van der Waals surface area contributed by atoms with Gasteiger partial charge in [-0.25, -0.2) is 0 Å². The number of para-hydroxylation sites is 3. The summed E-state index contributed by atoms with van der Waals surface area (Å²) in [5.74, 6) is 0. The molecule has 0 spiro atoms. The average Bonchev–Trinajstić information content (AvgIpc) is 3.06. The van der Waals surface area contributed by atoms with Crippen LogP contribution in [0.25, 0.3) is 0 Å². The molecule has 0 aromatic heterocycles. The molecule has 44 heavy (non-hydrogen) atoms. The van der Waals surface area contributed by atoms with Gasteiger partial charge >= 0.3 is 0 Å². The van der Waals surface area contributed by atoms with E-state index in [1.54, 1.807) is 0 Å². The minimum Gasteiger partial charge on any atom is -0.311 e. The first-order valence-corrected chi connectivity index (χ1v) is 17.9. The Hall–Kier alpha value is -2.31. The van der Waals surface area contributed by atoms with Gasteiger partial charge in [0.05, 0.1) is 5.34 Å². The third-order valence-corrected chi connectivity index (χ3v) is 8.46. The Kier molecular flexibility index (Phi) is 14.6. The highest BCUT2D eigenvalue weighted by Crippen LogP contribution is 2.35. The van der Waals surface area contributed by atoms with Gasteiger partial charge in [0.25, 0.3) is 0 Å². The van der Waals surface area contributed by atoms with Gasteiger partial charge in [-0.15, -0.1) is 23.2 Å². The second kappa shape index (κ2) is 18.6. The van der Waals surface area contributed by atoms with Crippen molar-refractivity contribution < 1.29 is 0 Å². The van der Waals surface area contributed by atoms with Crippen molar-refractivity contribution in [1.29, 1.82) is 0 Å². The molecule has 0 aliphatic heterocycles. The molecule has 0 atom stereocenters. The topological polar surface area (TPSA) is 6.48 Å². The number of alkyl halides is 2. The molecular formula is C37H29Cl2I3N2. The van der Waals surface area contributed by atoms with Crippen molar-refractivity contribution >= 4 is 125 Å². The van der Waals surface area contributed by atoms with Crippen LogP contribution in [-0.4, -0.2) is 5.34 Å². The number of nitrogens with zero attached hydrogens (tertiary/aromatic N) is 2. The molecule has 0 amide bonds.